The number of rotatable bonds is 8. The summed E-state index contributed by atoms with van der Waals surface area (Å²) >= 11 is 0. The van der Waals surface area contributed by atoms with Gasteiger partial charge in [-0.05, 0) is 36.2 Å². The third-order valence-electron chi connectivity index (χ3n) is 5.35. The first kappa shape index (κ1) is 23.7. The van der Waals surface area contributed by atoms with Gasteiger partial charge in [-0.1, -0.05) is 30.3 Å². The molecule has 1 aliphatic heterocycles. The van der Waals surface area contributed by atoms with E-state index in [1.54, 1.807) is 27.8 Å². The second-order valence-corrected chi connectivity index (χ2v) is 7.55. The third-order valence-corrected chi connectivity index (χ3v) is 5.35. The van der Waals surface area contributed by atoms with Crippen molar-refractivity contribution in [1.82, 2.24) is 14.9 Å². The summed E-state index contributed by atoms with van der Waals surface area (Å²) in [4.78, 5) is 41.1. The number of nitrogens with one attached hydrogen (secondary N) is 1. The lowest BCUT2D eigenvalue weighted by Gasteiger charge is -2.29. The van der Waals surface area contributed by atoms with Crippen molar-refractivity contribution in [3.8, 4) is 0 Å². The number of hydrogen-bond acceptors (Lipinski definition) is 8. The van der Waals surface area contributed by atoms with Crippen LogP contribution in [0.1, 0.15) is 37.9 Å². The zero-order valence-electron chi connectivity index (χ0n) is 19.0. The summed E-state index contributed by atoms with van der Waals surface area (Å²) in [5.74, 6) is -2.88. The van der Waals surface area contributed by atoms with Gasteiger partial charge in [0.15, 0.2) is 0 Å². The molecule has 0 bridgehead atoms. The average Bonchev–Trinajstić information content (AvgIpc) is 3.15. The van der Waals surface area contributed by atoms with Crippen molar-refractivity contribution < 1.29 is 24.0 Å². The lowest BCUT2D eigenvalue weighted by molar-refractivity contribution is -0.390. The van der Waals surface area contributed by atoms with E-state index in [0.717, 1.165) is 5.56 Å². The van der Waals surface area contributed by atoms with Gasteiger partial charge in [-0.15, -0.1) is 0 Å². The van der Waals surface area contributed by atoms with Gasteiger partial charge in [0.2, 0.25) is 6.33 Å². The van der Waals surface area contributed by atoms with E-state index in [1.807, 2.05) is 30.3 Å². The van der Waals surface area contributed by atoms with Crippen LogP contribution < -0.4 is 5.32 Å². The molecule has 0 saturated carbocycles. The van der Waals surface area contributed by atoms with Gasteiger partial charge in [-0.2, -0.15) is 0 Å². The number of esters is 2. The number of hydrogen-bond donors (Lipinski definition) is 1. The summed E-state index contributed by atoms with van der Waals surface area (Å²) in [5.41, 5.74) is 2.17. The molecule has 0 radical (unpaired) electrons. The molecular formula is C23H26N4O6. The topological polar surface area (TPSA) is 126 Å². The minimum Gasteiger partial charge on any atom is -0.463 e. The highest BCUT2D eigenvalue weighted by molar-refractivity contribution is 6.00. The van der Waals surface area contributed by atoms with Gasteiger partial charge < -0.3 is 29.5 Å². The van der Waals surface area contributed by atoms with Crippen LogP contribution in [0.2, 0.25) is 0 Å². The second-order valence-electron chi connectivity index (χ2n) is 7.55. The molecular weight excluding hydrogens is 428 g/mol. The molecule has 1 aliphatic rings. The first-order valence-corrected chi connectivity index (χ1v) is 10.5. The highest BCUT2D eigenvalue weighted by Gasteiger charge is 2.43. The normalized spacial score (nSPS) is 15.8. The predicted octanol–water partition coefficient (Wildman–Crippen LogP) is 2.91. The van der Waals surface area contributed by atoms with Crippen molar-refractivity contribution in [2.24, 2.45) is 7.05 Å². The molecule has 1 N–H and O–H groups in total. The van der Waals surface area contributed by atoms with Crippen molar-refractivity contribution in [2.75, 3.05) is 13.2 Å². The van der Waals surface area contributed by atoms with Gasteiger partial charge in [0.25, 0.3) is 0 Å². The minimum atomic E-state index is -1.08. The molecule has 10 nitrogen and oxygen atoms in total. The SMILES string of the molecule is CCOC(=O)C1=C(C)NC(C)=C(C(=O)OCCc2ccccc2)C1c1c([N+](=O)[O-])ncn1C. The molecule has 0 spiro atoms. The van der Waals surface area contributed by atoms with E-state index in [2.05, 4.69) is 10.3 Å². The van der Waals surface area contributed by atoms with E-state index in [1.165, 1.54) is 10.9 Å². The summed E-state index contributed by atoms with van der Waals surface area (Å²) in [5, 5.41) is 14.7. The highest BCUT2D eigenvalue weighted by Crippen LogP contribution is 2.42. The third kappa shape index (κ3) is 4.94. The molecule has 1 aromatic heterocycles. The molecule has 1 aromatic carbocycles. The summed E-state index contributed by atoms with van der Waals surface area (Å²) in [6.07, 6.45) is 1.78. The first-order valence-electron chi connectivity index (χ1n) is 10.5. The number of allylic oxidation sites excluding steroid dienone is 2. The smallest absolute Gasteiger partial charge is 0.385 e. The molecule has 1 atom stereocenters. The number of imidazole rings is 1. The van der Waals surface area contributed by atoms with Gasteiger partial charge in [-0.3, -0.25) is 0 Å². The molecule has 174 valence electrons. The van der Waals surface area contributed by atoms with Crippen LogP contribution in [0.4, 0.5) is 5.82 Å². The highest BCUT2D eigenvalue weighted by atomic mass is 16.6. The number of aryl methyl sites for hydroxylation is 1. The minimum absolute atomic E-state index is 0.0956. The van der Waals surface area contributed by atoms with Gasteiger partial charge in [0, 0.05) is 24.9 Å². The quantitative estimate of drug-likeness (QED) is 0.367. The summed E-state index contributed by atoms with van der Waals surface area (Å²) in [7, 11) is 1.57. The van der Waals surface area contributed by atoms with Crippen molar-refractivity contribution in [2.45, 2.75) is 33.1 Å². The molecule has 0 amide bonds. The van der Waals surface area contributed by atoms with Crippen LogP contribution in [-0.2, 0) is 32.5 Å². The molecule has 0 saturated heterocycles. The van der Waals surface area contributed by atoms with E-state index in [-0.39, 0.29) is 30.1 Å². The molecule has 0 fully saturated rings. The van der Waals surface area contributed by atoms with Crippen LogP contribution >= 0.6 is 0 Å². The Hall–Kier alpha value is -3.95. The van der Waals surface area contributed by atoms with E-state index in [0.29, 0.717) is 17.8 Å². The van der Waals surface area contributed by atoms with Gasteiger partial charge in [0.05, 0.1) is 30.3 Å². The first-order chi connectivity index (χ1) is 15.8. The Kier molecular flexibility index (Phi) is 7.27. The Balaban J connectivity index is 2.02. The molecule has 0 aliphatic carbocycles. The molecule has 10 heteroatoms. The largest absolute Gasteiger partial charge is 0.463 e. The zero-order valence-corrected chi connectivity index (χ0v) is 19.0. The Morgan fingerprint density at radius 2 is 1.73 bits per heavy atom. The van der Waals surface area contributed by atoms with Crippen LogP contribution in [0.25, 0.3) is 0 Å². The number of dihydropyridines is 1. The van der Waals surface area contributed by atoms with Gasteiger partial charge in [0.1, 0.15) is 5.69 Å². The van der Waals surface area contributed by atoms with Crippen LogP contribution in [0.5, 0.6) is 0 Å². The number of carbonyl (C=O) groups is 2. The van der Waals surface area contributed by atoms with Gasteiger partial charge >= 0.3 is 17.8 Å². The lowest BCUT2D eigenvalue weighted by atomic mass is 9.82. The van der Waals surface area contributed by atoms with Crippen molar-refractivity contribution in [3.63, 3.8) is 0 Å². The number of carbonyl (C=O) groups excluding carboxylic acids is 2. The average molecular weight is 454 g/mol. The zero-order chi connectivity index (χ0) is 24.1. The fourth-order valence-electron chi connectivity index (χ4n) is 3.90. The Morgan fingerprint density at radius 3 is 2.30 bits per heavy atom. The van der Waals surface area contributed by atoms with E-state index in [9.17, 15) is 19.7 Å². The lowest BCUT2D eigenvalue weighted by Crippen LogP contribution is -2.33. The molecule has 2 aromatic rings. The van der Waals surface area contributed by atoms with Crippen LogP contribution in [0, 0.1) is 10.1 Å². The molecule has 2 heterocycles. The number of benzene rings is 1. The fourth-order valence-corrected chi connectivity index (χ4v) is 3.90. The number of nitrogens with zero attached hydrogens (tertiary/aromatic N) is 3. The molecule has 33 heavy (non-hydrogen) atoms. The van der Waals surface area contributed by atoms with Crippen LogP contribution in [0.3, 0.4) is 0 Å². The molecule has 1 unspecified atom stereocenters. The Bertz CT molecular complexity index is 1130. The molecule has 3 rings (SSSR count). The van der Waals surface area contributed by atoms with Crippen molar-refractivity contribution >= 4 is 17.8 Å². The standard InChI is InChI=1S/C23H26N4O6/c1-5-32-22(28)17-14(2)25-15(3)18(19(17)20-21(27(30)31)24-13-26(20)4)23(29)33-12-11-16-9-7-6-8-10-16/h6-10,13,19,25H,5,11-12H2,1-4H3. The maximum atomic E-state index is 13.2. The van der Waals surface area contributed by atoms with Gasteiger partial charge in [-0.25, -0.2) is 9.59 Å². The van der Waals surface area contributed by atoms with Crippen LogP contribution in [-0.4, -0.2) is 39.6 Å². The second kappa shape index (κ2) is 10.1. The predicted molar refractivity (Wildman–Crippen MR) is 119 cm³/mol. The van der Waals surface area contributed by atoms with Crippen molar-refractivity contribution in [3.05, 3.63) is 80.6 Å². The Labute approximate surface area is 191 Å². The van der Waals surface area contributed by atoms with E-state index < -0.39 is 28.6 Å². The number of aromatic nitrogens is 2. The maximum absolute atomic E-state index is 13.2. The van der Waals surface area contributed by atoms with Crippen molar-refractivity contribution in [1.29, 1.82) is 0 Å². The summed E-state index contributed by atoms with van der Waals surface area (Å²) in [6, 6.07) is 9.53. The summed E-state index contributed by atoms with van der Waals surface area (Å²) < 4.78 is 12.2. The monoisotopic (exact) mass is 454 g/mol. The van der Waals surface area contributed by atoms with E-state index in [4.69, 9.17) is 9.47 Å². The maximum Gasteiger partial charge on any atom is 0.385 e. The number of nitro groups is 1. The van der Waals surface area contributed by atoms with Crippen LogP contribution in [0.15, 0.2) is 59.2 Å². The number of ether oxygens (including phenoxy) is 2. The fraction of sp³-hybridized carbons (Fsp3) is 0.348. The summed E-state index contributed by atoms with van der Waals surface area (Å²) in [6.45, 7) is 5.19. The Morgan fingerprint density at radius 1 is 1.12 bits per heavy atom. The van der Waals surface area contributed by atoms with E-state index >= 15 is 0 Å².